The van der Waals surface area contributed by atoms with E-state index in [-0.39, 0.29) is 5.54 Å². The van der Waals surface area contributed by atoms with Crippen LogP contribution in [-0.2, 0) is 0 Å². The summed E-state index contributed by atoms with van der Waals surface area (Å²) in [7, 11) is 2.23. The number of thioether (sulfide) groups is 1. The summed E-state index contributed by atoms with van der Waals surface area (Å²) in [6.07, 6.45) is 9.87. The average Bonchev–Trinajstić information content (AvgIpc) is 2.27. The van der Waals surface area contributed by atoms with Gasteiger partial charge in [-0.3, -0.25) is 0 Å². The molecular weight excluding hydrogens is 216 g/mol. The lowest BCUT2D eigenvalue weighted by molar-refractivity contribution is 0.209. The first kappa shape index (κ1) is 14.3. The van der Waals surface area contributed by atoms with Gasteiger partial charge in [0.05, 0.1) is 0 Å². The minimum absolute atomic E-state index is 0.144. The zero-order chi connectivity index (χ0) is 12.0. The predicted octanol–water partition coefficient (Wildman–Crippen LogP) is 2.72. The standard InChI is InChI=1S/C13H28N2S/c1-12(11-16-3)15(2)10-9-13(14)7-5-4-6-8-13/h12H,4-11,14H2,1-3H3. The molecule has 1 aliphatic carbocycles. The molecule has 1 aliphatic rings. The van der Waals surface area contributed by atoms with Gasteiger partial charge < -0.3 is 10.6 Å². The van der Waals surface area contributed by atoms with E-state index in [4.69, 9.17) is 5.73 Å². The second-order valence-corrected chi connectivity index (χ2v) is 6.37. The molecule has 0 aromatic heterocycles. The maximum atomic E-state index is 6.45. The molecule has 0 heterocycles. The van der Waals surface area contributed by atoms with Crippen LogP contribution in [0.3, 0.4) is 0 Å². The zero-order valence-electron chi connectivity index (χ0n) is 11.2. The second kappa shape index (κ2) is 6.87. The van der Waals surface area contributed by atoms with Crippen LogP contribution in [0.4, 0.5) is 0 Å². The summed E-state index contributed by atoms with van der Waals surface area (Å²) in [5, 5.41) is 0. The highest BCUT2D eigenvalue weighted by Gasteiger charge is 2.27. The molecule has 1 unspecified atom stereocenters. The van der Waals surface area contributed by atoms with E-state index < -0.39 is 0 Å². The van der Waals surface area contributed by atoms with Gasteiger partial charge in [0.1, 0.15) is 0 Å². The maximum absolute atomic E-state index is 6.45. The lowest BCUT2D eigenvalue weighted by atomic mass is 9.80. The van der Waals surface area contributed by atoms with Crippen molar-refractivity contribution in [3.63, 3.8) is 0 Å². The third-order valence-corrected chi connectivity index (χ3v) is 4.79. The average molecular weight is 244 g/mol. The van der Waals surface area contributed by atoms with Crippen molar-refractivity contribution >= 4 is 11.8 Å². The Morgan fingerprint density at radius 2 is 1.94 bits per heavy atom. The van der Waals surface area contributed by atoms with Crippen molar-refractivity contribution < 1.29 is 0 Å². The van der Waals surface area contributed by atoms with E-state index in [1.165, 1.54) is 44.3 Å². The molecule has 0 aromatic carbocycles. The van der Waals surface area contributed by atoms with E-state index in [1.54, 1.807) is 0 Å². The summed E-state index contributed by atoms with van der Waals surface area (Å²) in [4.78, 5) is 2.46. The first-order valence-corrected chi connectivity index (χ1v) is 7.95. The Morgan fingerprint density at radius 1 is 1.31 bits per heavy atom. The lowest BCUT2D eigenvalue weighted by Crippen LogP contribution is -2.45. The molecule has 1 atom stereocenters. The van der Waals surface area contributed by atoms with E-state index in [0.29, 0.717) is 6.04 Å². The molecule has 2 N–H and O–H groups in total. The lowest BCUT2D eigenvalue weighted by Gasteiger charge is -2.36. The van der Waals surface area contributed by atoms with Crippen LogP contribution in [0.15, 0.2) is 0 Å². The van der Waals surface area contributed by atoms with Crippen LogP contribution in [0.5, 0.6) is 0 Å². The third kappa shape index (κ3) is 4.64. The fraction of sp³-hybridized carbons (Fsp3) is 1.00. The van der Waals surface area contributed by atoms with Crippen molar-refractivity contribution in [2.45, 2.75) is 57.0 Å². The van der Waals surface area contributed by atoms with Gasteiger partial charge in [-0.2, -0.15) is 11.8 Å². The molecule has 1 fully saturated rings. The van der Waals surface area contributed by atoms with E-state index in [0.717, 1.165) is 6.54 Å². The molecule has 0 spiro atoms. The molecule has 0 aromatic rings. The van der Waals surface area contributed by atoms with Crippen LogP contribution in [0.25, 0.3) is 0 Å². The summed E-state index contributed by atoms with van der Waals surface area (Å²) >= 11 is 1.93. The van der Waals surface area contributed by atoms with Crippen LogP contribution >= 0.6 is 11.8 Å². The molecule has 2 nitrogen and oxygen atoms in total. The highest BCUT2D eigenvalue weighted by molar-refractivity contribution is 7.98. The van der Waals surface area contributed by atoms with Gasteiger partial charge in [-0.05, 0) is 46.0 Å². The van der Waals surface area contributed by atoms with Gasteiger partial charge in [0.2, 0.25) is 0 Å². The SMILES string of the molecule is CSCC(C)N(C)CCC1(N)CCCCC1. The largest absolute Gasteiger partial charge is 0.325 e. The molecule has 1 rings (SSSR count). The number of hydrogen-bond donors (Lipinski definition) is 1. The number of hydrogen-bond acceptors (Lipinski definition) is 3. The summed E-state index contributed by atoms with van der Waals surface area (Å²) in [5.41, 5.74) is 6.59. The van der Waals surface area contributed by atoms with Gasteiger partial charge in [0.15, 0.2) is 0 Å². The summed E-state index contributed by atoms with van der Waals surface area (Å²) in [5.74, 6) is 1.22. The molecule has 0 aliphatic heterocycles. The maximum Gasteiger partial charge on any atom is 0.0166 e. The highest BCUT2D eigenvalue weighted by Crippen LogP contribution is 2.28. The molecule has 0 amide bonds. The quantitative estimate of drug-likeness (QED) is 0.779. The van der Waals surface area contributed by atoms with Gasteiger partial charge >= 0.3 is 0 Å². The Kier molecular flexibility index (Phi) is 6.16. The van der Waals surface area contributed by atoms with Crippen molar-refractivity contribution in [3.8, 4) is 0 Å². The molecule has 16 heavy (non-hydrogen) atoms. The molecule has 0 radical (unpaired) electrons. The summed E-state index contributed by atoms with van der Waals surface area (Å²) in [6.45, 7) is 3.46. The fourth-order valence-electron chi connectivity index (χ4n) is 2.49. The Morgan fingerprint density at radius 3 is 2.50 bits per heavy atom. The van der Waals surface area contributed by atoms with E-state index in [9.17, 15) is 0 Å². The molecule has 0 bridgehead atoms. The summed E-state index contributed by atoms with van der Waals surface area (Å²) < 4.78 is 0. The minimum atomic E-state index is 0.144. The van der Waals surface area contributed by atoms with E-state index in [2.05, 4.69) is 25.1 Å². The monoisotopic (exact) mass is 244 g/mol. The zero-order valence-corrected chi connectivity index (χ0v) is 12.0. The molecular formula is C13H28N2S. The fourth-order valence-corrected chi connectivity index (χ4v) is 3.23. The number of rotatable bonds is 6. The second-order valence-electron chi connectivity index (χ2n) is 5.46. The minimum Gasteiger partial charge on any atom is -0.325 e. The number of nitrogens with two attached hydrogens (primary N) is 1. The van der Waals surface area contributed by atoms with Crippen LogP contribution in [-0.4, -0.2) is 42.1 Å². The van der Waals surface area contributed by atoms with Crippen molar-refractivity contribution in [1.82, 2.24) is 4.90 Å². The van der Waals surface area contributed by atoms with Crippen LogP contribution in [0, 0.1) is 0 Å². The van der Waals surface area contributed by atoms with Crippen molar-refractivity contribution in [3.05, 3.63) is 0 Å². The van der Waals surface area contributed by atoms with Crippen molar-refractivity contribution in [2.75, 3.05) is 25.6 Å². The summed E-state index contributed by atoms with van der Waals surface area (Å²) in [6, 6.07) is 0.669. The van der Waals surface area contributed by atoms with Crippen LogP contribution in [0.2, 0.25) is 0 Å². The highest BCUT2D eigenvalue weighted by atomic mass is 32.2. The Bertz CT molecular complexity index is 190. The number of nitrogens with zero attached hydrogens (tertiary/aromatic N) is 1. The smallest absolute Gasteiger partial charge is 0.0166 e. The molecule has 96 valence electrons. The van der Waals surface area contributed by atoms with Crippen molar-refractivity contribution in [1.29, 1.82) is 0 Å². The third-order valence-electron chi connectivity index (χ3n) is 3.97. The molecule has 1 saturated carbocycles. The van der Waals surface area contributed by atoms with Gasteiger partial charge in [-0.1, -0.05) is 19.3 Å². The van der Waals surface area contributed by atoms with Gasteiger partial charge in [0.25, 0.3) is 0 Å². The topological polar surface area (TPSA) is 29.3 Å². The van der Waals surface area contributed by atoms with E-state index >= 15 is 0 Å². The predicted molar refractivity (Wildman–Crippen MR) is 75.1 cm³/mol. The molecule has 0 saturated heterocycles. The van der Waals surface area contributed by atoms with Crippen LogP contribution < -0.4 is 5.73 Å². The Balaban J connectivity index is 2.26. The van der Waals surface area contributed by atoms with Gasteiger partial charge in [-0.15, -0.1) is 0 Å². The first-order valence-electron chi connectivity index (χ1n) is 6.55. The van der Waals surface area contributed by atoms with E-state index in [1.807, 2.05) is 11.8 Å². The first-order chi connectivity index (χ1) is 7.57. The Labute approximate surface area is 105 Å². The normalized spacial score (nSPS) is 22.3. The van der Waals surface area contributed by atoms with Crippen molar-refractivity contribution in [2.24, 2.45) is 5.73 Å². The molecule has 3 heteroatoms. The van der Waals surface area contributed by atoms with Gasteiger partial charge in [-0.25, -0.2) is 0 Å². The van der Waals surface area contributed by atoms with Gasteiger partial charge in [0, 0.05) is 17.3 Å². The Hall–Kier alpha value is 0.270. The van der Waals surface area contributed by atoms with Crippen LogP contribution in [0.1, 0.15) is 45.4 Å².